The molecule has 2 heterocycles. The SMILES string of the molecule is Cc1nc(CN(C)C(CN)c2cc(Br)c(Br)s2)cs1. The molecule has 0 radical (unpaired) electrons. The summed E-state index contributed by atoms with van der Waals surface area (Å²) >= 11 is 10.5. The maximum Gasteiger partial charge on any atom is 0.0897 e. The number of hydrogen-bond donors (Lipinski definition) is 1. The van der Waals surface area contributed by atoms with Crippen molar-refractivity contribution in [1.29, 1.82) is 0 Å². The monoisotopic (exact) mass is 423 g/mol. The van der Waals surface area contributed by atoms with Crippen molar-refractivity contribution in [2.75, 3.05) is 13.6 Å². The van der Waals surface area contributed by atoms with Crippen molar-refractivity contribution in [2.24, 2.45) is 5.73 Å². The standard InChI is InChI=1S/C12H15Br2N3S2/c1-7-16-8(6-18-7)5-17(2)10(4-15)11-3-9(13)12(14)19-11/h3,6,10H,4-5,15H2,1-2H3. The van der Waals surface area contributed by atoms with Gasteiger partial charge in [0.25, 0.3) is 0 Å². The fraction of sp³-hybridized carbons (Fsp3) is 0.417. The molecule has 0 saturated carbocycles. The lowest BCUT2D eigenvalue weighted by Gasteiger charge is -2.25. The van der Waals surface area contributed by atoms with Crippen molar-refractivity contribution < 1.29 is 0 Å². The number of thiazole rings is 1. The molecule has 1 atom stereocenters. The summed E-state index contributed by atoms with van der Waals surface area (Å²) in [5.41, 5.74) is 7.05. The van der Waals surface area contributed by atoms with E-state index < -0.39 is 0 Å². The first-order valence-electron chi connectivity index (χ1n) is 5.77. The molecule has 0 saturated heterocycles. The Morgan fingerprint density at radius 3 is 2.68 bits per heavy atom. The van der Waals surface area contributed by atoms with E-state index in [1.54, 1.807) is 22.7 Å². The first kappa shape index (κ1) is 15.6. The number of likely N-dealkylation sites (N-methyl/N-ethyl adjacent to an activating group) is 1. The van der Waals surface area contributed by atoms with Crippen LogP contribution in [-0.2, 0) is 6.54 Å². The molecule has 7 heteroatoms. The Bertz CT molecular complexity index is 533. The molecule has 104 valence electrons. The molecule has 0 aliphatic heterocycles. The number of thiophene rings is 1. The van der Waals surface area contributed by atoms with Crippen LogP contribution in [0.3, 0.4) is 0 Å². The van der Waals surface area contributed by atoms with Gasteiger partial charge in [-0.25, -0.2) is 4.98 Å². The molecular formula is C12H15Br2N3S2. The van der Waals surface area contributed by atoms with Gasteiger partial charge in [0.15, 0.2) is 0 Å². The quantitative estimate of drug-likeness (QED) is 0.782. The van der Waals surface area contributed by atoms with Crippen molar-refractivity contribution >= 4 is 54.5 Å². The van der Waals surface area contributed by atoms with E-state index in [1.165, 1.54) is 4.88 Å². The summed E-state index contributed by atoms with van der Waals surface area (Å²) in [4.78, 5) is 8.01. The molecule has 0 aromatic carbocycles. The summed E-state index contributed by atoms with van der Waals surface area (Å²) in [5, 5.41) is 3.22. The van der Waals surface area contributed by atoms with Gasteiger partial charge >= 0.3 is 0 Å². The highest BCUT2D eigenvalue weighted by atomic mass is 79.9. The fourth-order valence-corrected chi connectivity index (χ4v) is 4.76. The molecule has 0 fully saturated rings. The third-order valence-electron chi connectivity index (χ3n) is 2.83. The van der Waals surface area contributed by atoms with Crippen LogP contribution >= 0.6 is 54.5 Å². The van der Waals surface area contributed by atoms with E-state index in [-0.39, 0.29) is 6.04 Å². The van der Waals surface area contributed by atoms with Gasteiger partial charge in [0, 0.05) is 27.8 Å². The van der Waals surface area contributed by atoms with Crippen molar-refractivity contribution in [3.05, 3.63) is 35.3 Å². The molecule has 0 amide bonds. The van der Waals surface area contributed by atoms with Crippen molar-refractivity contribution in [3.8, 4) is 0 Å². The van der Waals surface area contributed by atoms with Gasteiger partial charge in [0.05, 0.1) is 20.5 Å². The van der Waals surface area contributed by atoms with Gasteiger partial charge in [0.2, 0.25) is 0 Å². The first-order valence-corrected chi connectivity index (χ1v) is 9.05. The van der Waals surface area contributed by atoms with Crippen molar-refractivity contribution in [1.82, 2.24) is 9.88 Å². The zero-order valence-electron chi connectivity index (χ0n) is 10.7. The van der Waals surface area contributed by atoms with E-state index >= 15 is 0 Å². The van der Waals surface area contributed by atoms with Crippen molar-refractivity contribution in [2.45, 2.75) is 19.5 Å². The molecule has 1 unspecified atom stereocenters. The van der Waals surface area contributed by atoms with Crippen LogP contribution in [0.5, 0.6) is 0 Å². The third-order valence-corrected chi connectivity index (χ3v) is 7.01. The number of aryl methyl sites for hydroxylation is 1. The second kappa shape index (κ2) is 6.78. The summed E-state index contributed by atoms with van der Waals surface area (Å²) < 4.78 is 2.20. The molecule has 0 aliphatic rings. The Balaban J connectivity index is 2.12. The van der Waals surface area contributed by atoms with Crippen LogP contribution in [0.15, 0.2) is 19.7 Å². The summed E-state index contributed by atoms with van der Waals surface area (Å²) in [6.45, 7) is 3.44. The molecule has 2 rings (SSSR count). The highest BCUT2D eigenvalue weighted by Gasteiger charge is 2.19. The van der Waals surface area contributed by atoms with Gasteiger partial charge in [-0.2, -0.15) is 0 Å². The molecule has 3 nitrogen and oxygen atoms in total. The first-order chi connectivity index (χ1) is 9.01. The number of halogens is 2. The molecule has 19 heavy (non-hydrogen) atoms. The number of rotatable bonds is 5. The van der Waals surface area contributed by atoms with Gasteiger partial charge in [-0.1, -0.05) is 0 Å². The van der Waals surface area contributed by atoms with Gasteiger partial charge in [0.1, 0.15) is 0 Å². The van der Waals surface area contributed by atoms with E-state index in [2.05, 4.69) is 60.2 Å². The number of aromatic nitrogens is 1. The van der Waals surface area contributed by atoms with E-state index in [0.717, 1.165) is 25.5 Å². The largest absolute Gasteiger partial charge is 0.329 e. The average molecular weight is 425 g/mol. The molecule has 2 aromatic rings. The third kappa shape index (κ3) is 3.86. The van der Waals surface area contributed by atoms with Crippen molar-refractivity contribution in [3.63, 3.8) is 0 Å². The Labute approximate surface area is 138 Å². The second-order valence-electron chi connectivity index (χ2n) is 4.29. The summed E-state index contributed by atoms with van der Waals surface area (Å²) in [6.07, 6.45) is 0. The minimum Gasteiger partial charge on any atom is -0.329 e. The van der Waals surface area contributed by atoms with E-state index in [4.69, 9.17) is 5.73 Å². The van der Waals surface area contributed by atoms with Gasteiger partial charge in [-0.3, -0.25) is 4.90 Å². The maximum absolute atomic E-state index is 5.94. The number of nitrogens with two attached hydrogens (primary N) is 1. The van der Waals surface area contributed by atoms with Crippen LogP contribution in [0.1, 0.15) is 21.6 Å². The Hall–Kier alpha value is 0.210. The maximum atomic E-state index is 5.94. The second-order valence-corrected chi connectivity index (χ2v) is 8.61. The minimum atomic E-state index is 0.217. The lowest BCUT2D eigenvalue weighted by Crippen LogP contribution is -2.29. The van der Waals surface area contributed by atoms with Crippen LogP contribution in [0.2, 0.25) is 0 Å². The topological polar surface area (TPSA) is 42.2 Å². The fourth-order valence-electron chi connectivity index (χ4n) is 1.89. The lowest BCUT2D eigenvalue weighted by molar-refractivity contribution is 0.242. The molecular weight excluding hydrogens is 410 g/mol. The molecule has 0 aliphatic carbocycles. The molecule has 0 spiro atoms. The van der Waals surface area contributed by atoms with Gasteiger partial charge in [-0.05, 0) is 51.9 Å². The summed E-state index contributed by atoms with van der Waals surface area (Å²) in [6, 6.07) is 2.35. The summed E-state index contributed by atoms with van der Waals surface area (Å²) in [5.74, 6) is 0. The number of hydrogen-bond acceptors (Lipinski definition) is 5. The van der Waals surface area contributed by atoms with Gasteiger partial charge in [-0.15, -0.1) is 22.7 Å². The molecule has 2 aromatic heterocycles. The minimum absolute atomic E-state index is 0.217. The van der Waals surface area contributed by atoms with Crippen LogP contribution < -0.4 is 5.73 Å². The van der Waals surface area contributed by atoms with Gasteiger partial charge < -0.3 is 5.73 Å². The molecule has 2 N–H and O–H groups in total. The van der Waals surface area contributed by atoms with Crippen LogP contribution in [0.25, 0.3) is 0 Å². The van der Waals surface area contributed by atoms with Crippen LogP contribution in [-0.4, -0.2) is 23.5 Å². The zero-order chi connectivity index (χ0) is 14.0. The van der Waals surface area contributed by atoms with Crippen LogP contribution in [0.4, 0.5) is 0 Å². The predicted molar refractivity (Wildman–Crippen MR) is 89.8 cm³/mol. The number of nitrogens with zero attached hydrogens (tertiary/aromatic N) is 2. The van der Waals surface area contributed by atoms with E-state index in [1.807, 2.05) is 6.92 Å². The van der Waals surface area contributed by atoms with Crippen LogP contribution in [0, 0.1) is 6.92 Å². The normalized spacial score (nSPS) is 13.2. The van der Waals surface area contributed by atoms with E-state index in [9.17, 15) is 0 Å². The smallest absolute Gasteiger partial charge is 0.0897 e. The Morgan fingerprint density at radius 2 is 2.21 bits per heavy atom. The van der Waals surface area contributed by atoms with E-state index in [0.29, 0.717) is 6.54 Å². The zero-order valence-corrected chi connectivity index (χ0v) is 15.5. The highest BCUT2D eigenvalue weighted by Crippen LogP contribution is 2.37. The highest BCUT2D eigenvalue weighted by molar-refractivity contribution is 9.13. The average Bonchev–Trinajstić information content (AvgIpc) is 2.88. The summed E-state index contributed by atoms with van der Waals surface area (Å²) in [7, 11) is 2.09. The predicted octanol–water partition coefficient (Wildman–Crippen LogP) is 4.17. The molecule has 0 bridgehead atoms. The Kier molecular flexibility index (Phi) is 5.56. The Morgan fingerprint density at radius 1 is 1.47 bits per heavy atom. The lowest BCUT2D eigenvalue weighted by atomic mass is 10.2.